The molecule has 0 unspecified atom stereocenters. The molecule has 0 saturated carbocycles. The first-order valence-electron chi connectivity index (χ1n) is 5.64. The van der Waals surface area contributed by atoms with Crippen molar-refractivity contribution in [2.75, 3.05) is 18.4 Å². The predicted molar refractivity (Wildman–Crippen MR) is 79.1 cm³/mol. The van der Waals surface area contributed by atoms with Gasteiger partial charge < -0.3 is 16.4 Å². The normalized spacial score (nSPS) is 9.89. The van der Waals surface area contributed by atoms with Crippen molar-refractivity contribution >= 4 is 40.4 Å². The van der Waals surface area contributed by atoms with Crippen LogP contribution in [0, 0.1) is 0 Å². The molecular weight excluding hydrogens is 270 g/mol. The highest BCUT2D eigenvalue weighted by Crippen LogP contribution is 2.22. The number of hydrogen-bond donors (Lipinski definition) is 3. The van der Waals surface area contributed by atoms with Crippen LogP contribution in [0.4, 0.5) is 5.69 Å². The standard InChI is InChI=1S/C12H16ClN3OS/c1-2-15-11(17)5-6-16-10-4-3-8(12(14)18)7-9(10)13/h3-4,7,16H,2,5-6H2,1H3,(H2,14,18)(H,15,17). The Morgan fingerprint density at radius 3 is 2.78 bits per heavy atom. The number of anilines is 1. The molecule has 0 aliphatic heterocycles. The number of rotatable bonds is 6. The van der Waals surface area contributed by atoms with Gasteiger partial charge in [-0.15, -0.1) is 0 Å². The lowest BCUT2D eigenvalue weighted by molar-refractivity contribution is -0.120. The van der Waals surface area contributed by atoms with Crippen LogP contribution in [0.15, 0.2) is 18.2 Å². The number of nitrogens with two attached hydrogens (primary N) is 1. The average molecular weight is 286 g/mol. The van der Waals surface area contributed by atoms with E-state index in [1.54, 1.807) is 18.2 Å². The molecule has 18 heavy (non-hydrogen) atoms. The molecule has 0 aliphatic rings. The third-order valence-corrected chi connectivity index (χ3v) is 2.84. The van der Waals surface area contributed by atoms with Crippen molar-refractivity contribution in [2.24, 2.45) is 5.73 Å². The predicted octanol–water partition coefficient (Wildman–Crippen LogP) is 1.91. The summed E-state index contributed by atoms with van der Waals surface area (Å²) in [5, 5.41) is 6.35. The molecule has 1 aromatic rings. The Bertz CT molecular complexity index is 451. The summed E-state index contributed by atoms with van der Waals surface area (Å²) < 4.78 is 0. The van der Waals surface area contributed by atoms with E-state index in [-0.39, 0.29) is 5.91 Å². The molecular formula is C12H16ClN3OS. The summed E-state index contributed by atoms with van der Waals surface area (Å²) in [5.74, 6) is 0.0147. The highest BCUT2D eigenvalue weighted by atomic mass is 35.5. The number of nitrogens with one attached hydrogen (secondary N) is 2. The number of amides is 1. The van der Waals surface area contributed by atoms with Gasteiger partial charge in [0.2, 0.25) is 5.91 Å². The molecule has 0 aliphatic carbocycles. The molecule has 1 rings (SSSR count). The van der Waals surface area contributed by atoms with Crippen molar-refractivity contribution in [1.82, 2.24) is 5.32 Å². The van der Waals surface area contributed by atoms with Crippen LogP contribution in [0.25, 0.3) is 0 Å². The Balaban J connectivity index is 2.53. The Hall–Kier alpha value is -1.33. The topological polar surface area (TPSA) is 67.2 Å². The van der Waals surface area contributed by atoms with Crippen molar-refractivity contribution < 1.29 is 4.79 Å². The van der Waals surface area contributed by atoms with E-state index in [0.717, 1.165) is 11.3 Å². The van der Waals surface area contributed by atoms with Gasteiger partial charge in [-0.05, 0) is 25.1 Å². The number of carbonyl (C=O) groups excluding carboxylic acids is 1. The first-order chi connectivity index (χ1) is 8.54. The molecule has 0 saturated heterocycles. The van der Waals surface area contributed by atoms with E-state index in [1.807, 2.05) is 6.92 Å². The van der Waals surface area contributed by atoms with Gasteiger partial charge in [-0.3, -0.25) is 4.79 Å². The average Bonchev–Trinajstić information content (AvgIpc) is 2.31. The zero-order valence-corrected chi connectivity index (χ0v) is 11.7. The van der Waals surface area contributed by atoms with Crippen molar-refractivity contribution in [3.8, 4) is 0 Å². The summed E-state index contributed by atoms with van der Waals surface area (Å²) >= 11 is 10.9. The van der Waals surface area contributed by atoms with E-state index in [0.29, 0.717) is 29.5 Å². The summed E-state index contributed by atoms with van der Waals surface area (Å²) in [7, 11) is 0. The van der Waals surface area contributed by atoms with Crippen LogP contribution in [0.5, 0.6) is 0 Å². The van der Waals surface area contributed by atoms with Crippen molar-refractivity contribution in [3.05, 3.63) is 28.8 Å². The van der Waals surface area contributed by atoms with Crippen LogP contribution in [-0.4, -0.2) is 24.0 Å². The van der Waals surface area contributed by atoms with Crippen LogP contribution in [0.3, 0.4) is 0 Å². The maximum Gasteiger partial charge on any atom is 0.221 e. The summed E-state index contributed by atoms with van der Waals surface area (Å²) in [6.07, 6.45) is 0.404. The third kappa shape index (κ3) is 4.50. The molecule has 4 nitrogen and oxygen atoms in total. The zero-order chi connectivity index (χ0) is 13.5. The fraction of sp³-hybridized carbons (Fsp3) is 0.333. The number of thiocarbonyl (C=S) groups is 1. The molecule has 0 aromatic heterocycles. The maximum absolute atomic E-state index is 11.2. The number of halogens is 1. The molecule has 0 spiro atoms. The SMILES string of the molecule is CCNC(=O)CCNc1ccc(C(N)=S)cc1Cl. The fourth-order valence-electron chi connectivity index (χ4n) is 1.41. The molecule has 0 fully saturated rings. The van der Waals surface area contributed by atoms with Crippen LogP contribution < -0.4 is 16.4 Å². The molecule has 4 N–H and O–H groups in total. The maximum atomic E-state index is 11.2. The van der Waals surface area contributed by atoms with Gasteiger partial charge in [0, 0.05) is 25.1 Å². The minimum absolute atomic E-state index is 0.0147. The molecule has 6 heteroatoms. The second-order valence-corrected chi connectivity index (χ2v) is 4.54. The highest BCUT2D eigenvalue weighted by Gasteiger charge is 2.04. The minimum Gasteiger partial charge on any atom is -0.389 e. The summed E-state index contributed by atoms with van der Waals surface area (Å²) in [4.78, 5) is 11.6. The van der Waals surface area contributed by atoms with Gasteiger partial charge in [0.25, 0.3) is 0 Å². The Labute approximate surface area is 117 Å². The van der Waals surface area contributed by atoms with Gasteiger partial charge in [-0.1, -0.05) is 23.8 Å². The van der Waals surface area contributed by atoms with Gasteiger partial charge in [-0.2, -0.15) is 0 Å². The Kier molecular flexibility index (Phi) is 5.88. The quantitative estimate of drug-likeness (QED) is 0.699. The number of benzene rings is 1. The minimum atomic E-state index is 0.0147. The Morgan fingerprint density at radius 1 is 1.50 bits per heavy atom. The van der Waals surface area contributed by atoms with Crippen LogP contribution in [0.1, 0.15) is 18.9 Å². The van der Waals surface area contributed by atoms with E-state index < -0.39 is 0 Å². The molecule has 0 heterocycles. The van der Waals surface area contributed by atoms with Gasteiger partial charge in [0.1, 0.15) is 4.99 Å². The lowest BCUT2D eigenvalue weighted by Crippen LogP contribution is -2.24. The van der Waals surface area contributed by atoms with E-state index in [2.05, 4.69) is 10.6 Å². The molecule has 0 bridgehead atoms. The van der Waals surface area contributed by atoms with E-state index in [1.165, 1.54) is 0 Å². The van der Waals surface area contributed by atoms with E-state index in [4.69, 9.17) is 29.6 Å². The first-order valence-corrected chi connectivity index (χ1v) is 6.43. The van der Waals surface area contributed by atoms with E-state index >= 15 is 0 Å². The molecule has 0 atom stereocenters. The molecule has 98 valence electrons. The highest BCUT2D eigenvalue weighted by molar-refractivity contribution is 7.80. The van der Waals surface area contributed by atoms with Crippen LogP contribution >= 0.6 is 23.8 Å². The molecule has 1 aromatic carbocycles. The van der Waals surface area contributed by atoms with E-state index in [9.17, 15) is 4.79 Å². The van der Waals surface area contributed by atoms with Gasteiger partial charge in [0.15, 0.2) is 0 Å². The lowest BCUT2D eigenvalue weighted by atomic mass is 10.2. The summed E-state index contributed by atoms with van der Waals surface area (Å²) in [5.41, 5.74) is 7.00. The first kappa shape index (κ1) is 14.7. The zero-order valence-electron chi connectivity index (χ0n) is 10.1. The second kappa shape index (κ2) is 7.18. The Morgan fingerprint density at radius 2 is 2.22 bits per heavy atom. The van der Waals surface area contributed by atoms with Crippen molar-refractivity contribution in [3.63, 3.8) is 0 Å². The van der Waals surface area contributed by atoms with Crippen LogP contribution in [0.2, 0.25) is 5.02 Å². The second-order valence-electron chi connectivity index (χ2n) is 3.69. The lowest BCUT2D eigenvalue weighted by Gasteiger charge is -2.09. The largest absolute Gasteiger partial charge is 0.389 e. The third-order valence-electron chi connectivity index (χ3n) is 2.30. The summed E-state index contributed by atoms with van der Waals surface area (Å²) in [6, 6.07) is 5.30. The van der Waals surface area contributed by atoms with Crippen molar-refractivity contribution in [1.29, 1.82) is 0 Å². The summed E-state index contributed by atoms with van der Waals surface area (Å²) in [6.45, 7) is 3.05. The van der Waals surface area contributed by atoms with Gasteiger partial charge in [-0.25, -0.2) is 0 Å². The number of carbonyl (C=O) groups is 1. The monoisotopic (exact) mass is 285 g/mol. The smallest absolute Gasteiger partial charge is 0.221 e. The van der Waals surface area contributed by atoms with Gasteiger partial charge >= 0.3 is 0 Å². The number of hydrogen-bond acceptors (Lipinski definition) is 3. The molecule has 1 amide bonds. The molecule has 0 radical (unpaired) electrons. The van der Waals surface area contributed by atoms with Crippen LogP contribution in [-0.2, 0) is 4.79 Å². The van der Waals surface area contributed by atoms with Crippen molar-refractivity contribution in [2.45, 2.75) is 13.3 Å². The fourth-order valence-corrected chi connectivity index (χ4v) is 1.78. The van der Waals surface area contributed by atoms with Gasteiger partial charge in [0.05, 0.1) is 10.7 Å².